The average molecular weight is 288 g/mol. The number of fused-ring (bicyclic) bond motifs is 1. The summed E-state index contributed by atoms with van der Waals surface area (Å²) in [5.74, 6) is -1.27. The van der Waals surface area contributed by atoms with E-state index in [-0.39, 0.29) is 17.8 Å². The Bertz CT molecular complexity index is 823. The van der Waals surface area contributed by atoms with Crippen LogP contribution in [-0.2, 0) is 6.54 Å². The first-order valence-electron chi connectivity index (χ1n) is 6.22. The second-order valence-corrected chi connectivity index (χ2v) is 4.64. The quantitative estimate of drug-likeness (QED) is 0.542. The lowest BCUT2D eigenvalue weighted by molar-refractivity contribution is -0.384. The van der Waals surface area contributed by atoms with E-state index in [1.807, 2.05) is 0 Å². The van der Waals surface area contributed by atoms with Gasteiger partial charge in [0.25, 0.3) is 5.69 Å². The summed E-state index contributed by atoms with van der Waals surface area (Å²) in [5.41, 5.74) is 0.435. The molecule has 0 unspecified atom stereocenters. The van der Waals surface area contributed by atoms with Gasteiger partial charge in [0.2, 0.25) is 0 Å². The molecule has 21 heavy (non-hydrogen) atoms. The van der Waals surface area contributed by atoms with Crippen molar-refractivity contribution < 1.29 is 13.7 Å². The molecule has 4 nitrogen and oxygen atoms in total. The minimum atomic E-state index is -0.637. The second kappa shape index (κ2) is 4.97. The summed E-state index contributed by atoms with van der Waals surface area (Å²) in [5, 5.41) is 11.6. The van der Waals surface area contributed by atoms with Gasteiger partial charge >= 0.3 is 0 Å². The first kappa shape index (κ1) is 13.2. The molecular weight excluding hydrogens is 278 g/mol. The van der Waals surface area contributed by atoms with E-state index >= 15 is 0 Å². The molecule has 3 aromatic rings. The van der Waals surface area contributed by atoms with Crippen LogP contribution in [0.25, 0.3) is 10.9 Å². The van der Waals surface area contributed by atoms with Gasteiger partial charge in [0.1, 0.15) is 11.6 Å². The molecule has 0 aliphatic carbocycles. The molecular formula is C15H10F2N2O2. The Kier molecular flexibility index (Phi) is 3.13. The van der Waals surface area contributed by atoms with Gasteiger partial charge in [-0.15, -0.1) is 0 Å². The van der Waals surface area contributed by atoms with Crippen LogP contribution in [0.3, 0.4) is 0 Å². The van der Waals surface area contributed by atoms with Crippen molar-refractivity contribution in [1.29, 1.82) is 0 Å². The van der Waals surface area contributed by atoms with Gasteiger partial charge in [-0.25, -0.2) is 8.78 Å². The normalized spacial score (nSPS) is 11.0. The second-order valence-electron chi connectivity index (χ2n) is 4.64. The van der Waals surface area contributed by atoms with Crippen LogP contribution in [0.15, 0.2) is 48.7 Å². The van der Waals surface area contributed by atoms with E-state index in [1.165, 1.54) is 30.3 Å². The van der Waals surface area contributed by atoms with Gasteiger partial charge in [0.15, 0.2) is 0 Å². The van der Waals surface area contributed by atoms with Crippen LogP contribution in [0.1, 0.15) is 5.56 Å². The number of nitro groups is 1. The van der Waals surface area contributed by atoms with Gasteiger partial charge in [0.05, 0.1) is 17.0 Å². The highest BCUT2D eigenvalue weighted by Gasteiger charge is 2.13. The Morgan fingerprint density at radius 3 is 2.48 bits per heavy atom. The Balaban J connectivity index is 2.08. The molecule has 0 saturated heterocycles. The van der Waals surface area contributed by atoms with Gasteiger partial charge in [0, 0.05) is 29.3 Å². The molecule has 0 aliphatic heterocycles. The Labute approximate surface area is 118 Å². The van der Waals surface area contributed by atoms with Gasteiger partial charge in [-0.2, -0.15) is 0 Å². The minimum Gasteiger partial charge on any atom is -0.343 e. The molecule has 0 N–H and O–H groups in total. The molecule has 0 bridgehead atoms. The number of rotatable bonds is 3. The number of aromatic nitrogens is 1. The lowest BCUT2D eigenvalue weighted by Gasteiger charge is -2.08. The Morgan fingerprint density at radius 2 is 1.81 bits per heavy atom. The zero-order chi connectivity index (χ0) is 15.0. The zero-order valence-electron chi connectivity index (χ0n) is 10.8. The highest BCUT2D eigenvalue weighted by atomic mass is 19.1. The predicted molar refractivity (Wildman–Crippen MR) is 74.1 cm³/mol. The maximum atomic E-state index is 13.7. The van der Waals surface area contributed by atoms with Gasteiger partial charge in [-0.3, -0.25) is 10.1 Å². The van der Waals surface area contributed by atoms with E-state index in [0.717, 1.165) is 5.39 Å². The van der Waals surface area contributed by atoms with Crippen molar-refractivity contribution in [2.75, 3.05) is 0 Å². The van der Waals surface area contributed by atoms with Crippen molar-refractivity contribution in [3.63, 3.8) is 0 Å². The van der Waals surface area contributed by atoms with Crippen LogP contribution in [-0.4, -0.2) is 9.49 Å². The van der Waals surface area contributed by atoms with Crippen molar-refractivity contribution in [1.82, 2.24) is 4.57 Å². The number of hydrogen-bond donors (Lipinski definition) is 0. The fourth-order valence-electron chi connectivity index (χ4n) is 2.28. The SMILES string of the molecule is O=[N+]([O-])c1ccc2ccn(Cc3c(F)cccc3F)c2c1. The van der Waals surface area contributed by atoms with E-state index in [4.69, 9.17) is 0 Å². The third kappa shape index (κ3) is 2.35. The molecule has 106 valence electrons. The van der Waals surface area contributed by atoms with Gasteiger partial charge in [-0.1, -0.05) is 6.07 Å². The smallest absolute Gasteiger partial charge is 0.271 e. The van der Waals surface area contributed by atoms with E-state index in [1.54, 1.807) is 22.9 Å². The van der Waals surface area contributed by atoms with Crippen LogP contribution in [0.2, 0.25) is 0 Å². The first-order valence-corrected chi connectivity index (χ1v) is 6.22. The van der Waals surface area contributed by atoms with Crippen LogP contribution < -0.4 is 0 Å². The summed E-state index contributed by atoms with van der Waals surface area (Å²) in [6.07, 6.45) is 1.65. The zero-order valence-corrected chi connectivity index (χ0v) is 10.8. The van der Waals surface area contributed by atoms with Crippen molar-refractivity contribution in [2.24, 2.45) is 0 Å². The molecule has 6 heteroatoms. The van der Waals surface area contributed by atoms with Crippen molar-refractivity contribution in [2.45, 2.75) is 6.54 Å². The molecule has 1 heterocycles. The third-order valence-corrected chi connectivity index (χ3v) is 3.36. The van der Waals surface area contributed by atoms with Crippen molar-refractivity contribution >= 4 is 16.6 Å². The lowest BCUT2D eigenvalue weighted by Crippen LogP contribution is -2.03. The van der Waals surface area contributed by atoms with Gasteiger partial charge < -0.3 is 4.57 Å². The number of non-ortho nitro benzene ring substituents is 1. The summed E-state index contributed by atoms with van der Waals surface area (Å²) in [6.45, 7) is -0.0246. The Hall–Kier alpha value is -2.76. The molecule has 0 spiro atoms. The van der Waals surface area contributed by atoms with Gasteiger partial charge in [-0.05, 0) is 24.3 Å². The monoisotopic (exact) mass is 288 g/mol. The number of nitrogens with zero attached hydrogens (tertiary/aromatic N) is 2. The summed E-state index contributed by atoms with van der Waals surface area (Å²) in [4.78, 5) is 10.3. The maximum Gasteiger partial charge on any atom is 0.271 e. The molecule has 0 radical (unpaired) electrons. The van der Waals surface area contributed by atoms with Crippen molar-refractivity contribution in [3.05, 3.63) is 76.0 Å². The summed E-state index contributed by atoms with van der Waals surface area (Å²) < 4.78 is 29.0. The third-order valence-electron chi connectivity index (χ3n) is 3.36. The molecule has 0 aliphatic rings. The molecule has 0 fully saturated rings. The molecule has 0 atom stereocenters. The minimum absolute atomic E-state index is 0.0246. The van der Waals surface area contributed by atoms with Crippen molar-refractivity contribution in [3.8, 4) is 0 Å². The number of halogens is 2. The summed E-state index contributed by atoms with van der Waals surface area (Å²) >= 11 is 0. The molecule has 2 aromatic carbocycles. The van der Waals surface area contributed by atoms with E-state index in [0.29, 0.717) is 5.52 Å². The number of benzene rings is 2. The fourth-order valence-corrected chi connectivity index (χ4v) is 2.28. The van der Waals surface area contributed by atoms with Crippen LogP contribution in [0.4, 0.5) is 14.5 Å². The molecule has 0 amide bonds. The number of hydrogen-bond acceptors (Lipinski definition) is 2. The van der Waals surface area contributed by atoms with Crippen LogP contribution in [0.5, 0.6) is 0 Å². The highest BCUT2D eigenvalue weighted by molar-refractivity contribution is 5.82. The number of nitro benzene ring substituents is 1. The van der Waals surface area contributed by atoms with E-state index in [9.17, 15) is 18.9 Å². The Morgan fingerprint density at radius 1 is 1.10 bits per heavy atom. The van der Waals surface area contributed by atoms with E-state index < -0.39 is 16.6 Å². The topological polar surface area (TPSA) is 48.1 Å². The predicted octanol–water partition coefficient (Wildman–Crippen LogP) is 3.88. The highest BCUT2D eigenvalue weighted by Crippen LogP contribution is 2.24. The maximum absolute atomic E-state index is 13.7. The van der Waals surface area contributed by atoms with E-state index in [2.05, 4.69) is 0 Å². The first-order chi connectivity index (χ1) is 10.1. The fraction of sp³-hybridized carbons (Fsp3) is 0.0667. The largest absolute Gasteiger partial charge is 0.343 e. The standard InChI is InChI=1S/C15H10F2N2O2/c16-13-2-1-3-14(17)12(13)9-18-7-6-10-4-5-11(19(20)21)8-15(10)18/h1-8H,9H2. The summed E-state index contributed by atoms with van der Waals surface area (Å²) in [7, 11) is 0. The lowest BCUT2D eigenvalue weighted by atomic mass is 10.2. The summed E-state index contributed by atoms with van der Waals surface area (Å²) in [6, 6.07) is 9.83. The molecule has 3 rings (SSSR count). The average Bonchev–Trinajstić information content (AvgIpc) is 2.85. The molecule has 0 saturated carbocycles. The van der Waals surface area contributed by atoms with Crippen LogP contribution in [0, 0.1) is 21.7 Å². The van der Waals surface area contributed by atoms with Crippen LogP contribution >= 0.6 is 0 Å². The molecule has 1 aromatic heterocycles.